The number of morpholine rings is 1. The minimum Gasteiger partial charge on any atom is -0.378 e. The lowest BCUT2D eigenvalue weighted by Crippen LogP contribution is -2.37. The number of hydrogen-bond donors (Lipinski definition) is 3. The van der Waals surface area contributed by atoms with Crippen LogP contribution in [0, 0.1) is 0 Å². The molecule has 0 aliphatic carbocycles. The molecule has 1 fully saturated rings. The lowest BCUT2D eigenvalue weighted by molar-refractivity contribution is 0.0519. The Labute approximate surface area is 222 Å². The summed E-state index contributed by atoms with van der Waals surface area (Å²) in [7, 11) is 0. The highest BCUT2D eigenvalue weighted by Gasteiger charge is 2.16. The van der Waals surface area contributed by atoms with Crippen LogP contribution >= 0.6 is 0 Å². The van der Waals surface area contributed by atoms with E-state index in [1.54, 1.807) is 24.5 Å². The van der Waals surface area contributed by atoms with Gasteiger partial charge in [-0.1, -0.05) is 18.2 Å². The van der Waals surface area contributed by atoms with E-state index in [0.717, 1.165) is 18.7 Å². The van der Waals surface area contributed by atoms with Gasteiger partial charge < -0.3 is 35.1 Å². The zero-order valence-electron chi connectivity index (χ0n) is 21.3. The molecule has 0 bridgehead atoms. The molecule has 202 valence electrons. The fourth-order valence-corrected chi connectivity index (χ4v) is 3.59. The van der Waals surface area contributed by atoms with Crippen molar-refractivity contribution >= 4 is 23.8 Å². The molecule has 2 aromatic heterocycles. The lowest BCUT2D eigenvalue weighted by atomic mass is 10.2. The SMILES string of the molecule is O=C(NCCOCCOCCNc1nc(NCc2ccncc2)nc(N2CCOCC2)n1)c1ccccc1. The molecule has 4 rings (SSSR count). The zero-order chi connectivity index (χ0) is 26.3. The van der Waals surface area contributed by atoms with E-state index in [0.29, 0.717) is 82.7 Å². The van der Waals surface area contributed by atoms with E-state index in [4.69, 9.17) is 14.2 Å². The number of ether oxygens (including phenoxy) is 3. The summed E-state index contributed by atoms with van der Waals surface area (Å²) in [4.78, 5) is 31.8. The fourth-order valence-electron chi connectivity index (χ4n) is 3.59. The second-order valence-corrected chi connectivity index (χ2v) is 8.36. The molecule has 1 saturated heterocycles. The third-order valence-corrected chi connectivity index (χ3v) is 5.59. The molecule has 3 aromatic rings. The number of rotatable bonds is 15. The highest BCUT2D eigenvalue weighted by Crippen LogP contribution is 2.15. The number of carbonyl (C=O) groups excluding carboxylic acids is 1. The summed E-state index contributed by atoms with van der Waals surface area (Å²) in [5, 5.41) is 9.32. The van der Waals surface area contributed by atoms with Gasteiger partial charge in [0.1, 0.15) is 0 Å². The number of amides is 1. The first kappa shape index (κ1) is 27.2. The largest absolute Gasteiger partial charge is 0.378 e. The van der Waals surface area contributed by atoms with Crippen LogP contribution in [0.2, 0.25) is 0 Å². The zero-order valence-corrected chi connectivity index (χ0v) is 21.3. The standard InChI is InChI=1S/C26H34N8O4/c35-23(22-4-2-1-3-5-22)28-10-14-36-18-19-37-15-11-29-24-31-25(30-20-21-6-8-27-9-7-21)33-26(32-24)34-12-16-38-17-13-34/h1-9H,10-20H2,(H,28,35)(H2,29,30,31,32,33). The molecule has 0 radical (unpaired) electrons. The van der Waals surface area contributed by atoms with Gasteiger partial charge in [-0.15, -0.1) is 0 Å². The van der Waals surface area contributed by atoms with Gasteiger partial charge in [-0.3, -0.25) is 9.78 Å². The molecule has 1 amide bonds. The number of aromatic nitrogens is 4. The van der Waals surface area contributed by atoms with Gasteiger partial charge in [-0.05, 0) is 29.8 Å². The number of carbonyl (C=O) groups is 1. The van der Waals surface area contributed by atoms with Crippen LogP contribution in [0.15, 0.2) is 54.9 Å². The van der Waals surface area contributed by atoms with Crippen molar-refractivity contribution in [1.29, 1.82) is 0 Å². The second kappa shape index (κ2) is 15.4. The Balaban J connectivity index is 1.15. The number of nitrogens with zero attached hydrogens (tertiary/aromatic N) is 5. The lowest BCUT2D eigenvalue weighted by Gasteiger charge is -2.27. The second-order valence-electron chi connectivity index (χ2n) is 8.36. The summed E-state index contributed by atoms with van der Waals surface area (Å²) >= 11 is 0. The monoisotopic (exact) mass is 522 g/mol. The van der Waals surface area contributed by atoms with Gasteiger partial charge in [0.25, 0.3) is 5.91 Å². The molecular formula is C26H34N8O4. The number of hydrogen-bond acceptors (Lipinski definition) is 11. The summed E-state index contributed by atoms with van der Waals surface area (Å²) in [6.45, 7) is 6.07. The van der Waals surface area contributed by atoms with E-state index >= 15 is 0 Å². The number of pyridine rings is 1. The molecular weight excluding hydrogens is 488 g/mol. The van der Waals surface area contributed by atoms with Crippen LogP contribution in [0.3, 0.4) is 0 Å². The quantitative estimate of drug-likeness (QED) is 0.251. The Kier molecular flexibility index (Phi) is 11.0. The molecule has 0 unspecified atom stereocenters. The van der Waals surface area contributed by atoms with Gasteiger partial charge in [0, 0.05) is 50.7 Å². The maximum Gasteiger partial charge on any atom is 0.251 e. The predicted octanol–water partition coefficient (Wildman–Crippen LogP) is 1.59. The minimum absolute atomic E-state index is 0.109. The normalized spacial score (nSPS) is 13.2. The number of anilines is 3. The molecule has 1 aliphatic heterocycles. The summed E-state index contributed by atoms with van der Waals surface area (Å²) in [5.74, 6) is 1.47. The molecule has 12 heteroatoms. The Hall–Kier alpha value is -3.87. The van der Waals surface area contributed by atoms with Crippen LogP contribution in [0.5, 0.6) is 0 Å². The van der Waals surface area contributed by atoms with Gasteiger partial charge >= 0.3 is 0 Å². The van der Waals surface area contributed by atoms with E-state index in [1.165, 1.54) is 0 Å². The van der Waals surface area contributed by atoms with Crippen molar-refractivity contribution in [3.63, 3.8) is 0 Å². The van der Waals surface area contributed by atoms with E-state index in [1.807, 2.05) is 30.3 Å². The minimum atomic E-state index is -0.109. The highest BCUT2D eigenvalue weighted by molar-refractivity contribution is 5.94. The van der Waals surface area contributed by atoms with Crippen molar-refractivity contribution in [3.05, 3.63) is 66.0 Å². The van der Waals surface area contributed by atoms with Gasteiger partial charge in [0.05, 0.1) is 39.6 Å². The molecule has 0 saturated carbocycles. The highest BCUT2D eigenvalue weighted by atomic mass is 16.5. The molecule has 38 heavy (non-hydrogen) atoms. The first-order chi connectivity index (χ1) is 18.8. The van der Waals surface area contributed by atoms with Gasteiger partial charge in [-0.2, -0.15) is 15.0 Å². The van der Waals surface area contributed by atoms with Gasteiger partial charge in [0.2, 0.25) is 17.8 Å². The molecule has 3 N–H and O–H groups in total. The van der Waals surface area contributed by atoms with Crippen LogP contribution in [0.1, 0.15) is 15.9 Å². The fraction of sp³-hybridized carbons (Fsp3) is 0.423. The van der Waals surface area contributed by atoms with Crippen molar-refractivity contribution in [2.24, 2.45) is 0 Å². The van der Waals surface area contributed by atoms with E-state index < -0.39 is 0 Å². The van der Waals surface area contributed by atoms with Crippen LogP contribution in [-0.4, -0.2) is 91.7 Å². The van der Waals surface area contributed by atoms with Crippen molar-refractivity contribution in [3.8, 4) is 0 Å². The van der Waals surface area contributed by atoms with Crippen LogP contribution in [0.4, 0.5) is 17.8 Å². The Morgan fingerprint density at radius 3 is 2.26 bits per heavy atom. The number of nitrogens with one attached hydrogen (secondary N) is 3. The van der Waals surface area contributed by atoms with Crippen LogP contribution in [-0.2, 0) is 20.8 Å². The van der Waals surface area contributed by atoms with Gasteiger partial charge in [-0.25, -0.2) is 0 Å². The maximum atomic E-state index is 12.0. The third kappa shape index (κ3) is 9.21. The molecule has 1 aliphatic rings. The smallest absolute Gasteiger partial charge is 0.251 e. The van der Waals surface area contributed by atoms with Crippen LogP contribution in [0.25, 0.3) is 0 Å². The average Bonchev–Trinajstić information content (AvgIpc) is 2.98. The summed E-state index contributed by atoms with van der Waals surface area (Å²) < 4.78 is 16.6. The van der Waals surface area contributed by atoms with Crippen molar-refractivity contribution in [1.82, 2.24) is 25.3 Å². The van der Waals surface area contributed by atoms with Gasteiger partial charge in [0.15, 0.2) is 0 Å². The van der Waals surface area contributed by atoms with Crippen LogP contribution < -0.4 is 20.9 Å². The Bertz CT molecular complexity index is 1100. The predicted molar refractivity (Wildman–Crippen MR) is 143 cm³/mol. The molecule has 0 spiro atoms. The molecule has 3 heterocycles. The van der Waals surface area contributed by atoms with Crippen molar-refractivity contribution in [2.75, 3.05) is 81.4 Å². The maximum absolute atomic E-state index is 12.0. The molecule has 12 nitrogen and oxygen atoms in total. The van der Waals surface area contributed by atoms with E-state index in [2.05, 4.69) is 40.8 Å². The Morgan fingerprint density at radius 2 is 1.53 bits per heavy atom. The first-order valence-electron chi connectivity index (χ1n) is 12.7. The van der Waals surface area contributed by atoms with Crippen molar-refractivity contribution in [2.45, 2.75) is 6.54 Å². The molecule has 0 atom stereocenters. The molecule has 1 aromatic carbocycles. The topological polar surface area (TPSA) is 136 Å². The summed E-state index contributed by atoms with van der Waals surface area (Å²) in [5.41, 5.74) is 1.72. The number of benzene rings is 1. The first-order valence-corrected chi connectivity index (χ1v) is 12.7. The third-order valence-electron chi connectivity index (χ3n) is 5.59. The van der Waals surface area contributed by atoms with E-state index in [9.17, 15) is 4.79 Å². The Morgan fingerprint density at radius 1 is 0.842 bits per heavy atom. The average molecular weight is 523 g/mol. The van der Waals surface area contributed by atoms with E-state index in [-0.39, 0.29) is 5.91 Å². The van der Waals surface area contributed by atoms with Crippen molar-refractivity contribution < 1.29 is 19.0 Å². The summed E-state index contributed by atoms with van der Waals surface area (Å²) in [6, 6.07) is 13.0. The summed E-state index contributed by atoms with van der Waals surface area (Å²) in [6.07, 6.45) is 3.51.